The largest absolute Gasteiger partial charge is 0.338 e. The summed E-state index contributed by atoms with van der Waals surface area (Å²) in [5.74, 6) is 0. The van der Waals surface area contributed by atoms with E-state index < -0.39 is 0 Å². The molecule has 1 aliphatic rings. The number of hydrogen-bond acceptors (Lipinski definition) is 1. The van der Waals surface area contributed by atoms with Crippen LogP contribution in [-0.4, -0.2) is 30.6 Å². The molecule has 0 bridgehead atoms. The van der Waals surface area contributed by atoms with Gasteiger partial charge in [0.15, 0.2) is 0 Å². The Hall–Kier alpha value is -0.990. The second-order valence-corrected chi connectivity index (χ2v) is 3.49. The van der Waals surface area contributed by atoms with Crippen LogP contribution in [0.2, 0.25) is 0 Å². The molecule has 1 rings (SSSR count). The molecule has 1 aliphatic heterocycles. The van der Waals surface area contributed by atoms with Gasteiger partial charge in [-0.1, -0.05) is 18.6 Å². The van der Waals surface area contributed by atoms with Crippen molar-refractivity contribution in [3.63, 3.8) is 0 Å². The van der Waals surface area contributed by atoms with E-state index in [4.69, 9.17) is 0 Å². The number of nitrogens with one attached hydrogen (secondary N) is 1. The molecule has 0 saturated heterocycles. The first-order chi connectivity index (χ1) is 6.24. The zero-order valence-electron chi connectivity index (χ0n) is 8.47. The van der Waals surface area contributed by atoms with Crippen LogP contribution in [0.5, 0.6) is 0 Å². The Bertz CT molecular complexity index is 211. The molecule has 0 fully saturated rings. The molecule has 3 nitrogen and oxygen atoms in total. The maximum atomic E-state index is 11.5. The van der Waals surface area contributed by atoms with Crippen LogP contribution in [0.3, 0.4) is 0 Å². The number of rotatable bonds is 2. The first-order valence-electron chi connectivity index (χ1n) is 4.92. The minimum absolute atomic E-state index is 0.0781. The average Bonchev–Trinajstić information content (AvgIpc) is 2.14. The quantitative estimate of drug-likeness (QED) is 0.648. The van der Waals surface area contributed by atoms with Gasteiger partial charge in [0, 0.05) is 19.6 Å². The van der Waals surface area contributed by atoms with E-state index in [1.165, 1.54) is 5.57 Å². The monoisotopic (exact) mass is 182 g/mol. The maximum absolute atomic E-state index is 11.5. The molecule has 0 aromatic heterocycles. The molecule has 13 heavy (non-hydrogen) atoms. The molecule has 0 spiro atoms. The first-order valence-corrected chi connectivity index (χ1v) is 4.92. The Balaban J connectivity index is 2.35. The van der Waals surface area contributed by atoms with Gasteiger partial charge in [0.1, 0.15) is 0 Å². The summed E-state index contributed by atoms with van der Waals surface area (Å²) in [6.45, 7) is 6.54. The summed E-state index contributed by atoms with van der Waals surface area (Å²) in [6, 6.07) is 0.0781. The van der Waals surface area contributed by atoms with E-state index in [1.54, 1.807) is 0 Å². The summed E-state index contributed by atoms with van der Waals surface area (Å²) in [5, 5.41) is 2.88. The highest BCUT2D eigenvalue weighted by Crippen LogP contribution is 2.08. The normalized spacial score (nSPS) is 16.8. The number of nitrogens with zero attached hydrogens (tertiary/aromatic N) is 1. The van der Waals surface area contributed by atoms with Crippen LogP contribution in [0.1, 0.15) is 26.7 Å². The van der Waals surface area contributed by atoms with Gasteiger partial charge in [0.2, 0.25) is 0 Å². The van der Waals surface area contributed by atoms with Gasteiger partial charge in [0.05, 0.1) is 0 Å². The molecule has 3 heteroatoms. The van der Waals surface area contributed by atoms with E-state index >= 15 is 0 Å². The van der Waals surface area contributed by atoms with Crippen LogP contribution in [0.25, 0.3) is 0 Å². The molecule has 0 aromatic carbocycles. The van der Waals surface area contributed by atoms with E-state index in [0.717, 1.165) is 32.5 Å². The lowest BCUT2D eigenvalue weighted by atomic mass is 10.1. The Kier molecular flexibility index (Phi) is 3.80. The highest BCUT2D eigenvalue weighted by Gasteiger charge is 2.14. The highest BCUT2D eigenvalue weighted by molar-refractivity contribution is 5.74. The molecule has 2 amide bonds. The topological polar surface area (TPSA) is 32.3 Å². The minimum atomic E-state index is 0.0781. The summed E-state index contributed by atoms with van der Waals surface area (Å²) < 4.78 is 0. The number of carbonyl (C=O) groups excluding carboxylic acids is 1. The predicted molar refractivity (Wildman–Crippen MR) is 53.6 cm³/mol. The fraction of sp³-hybridized carbons (Fsp3) is 0.700. The summed E-state index contributed by atoms with van der Waals surface area (Å²) >= 11 is 0. The fourth-order valence-corrected chi connectivity index (χ4v) is 1.43. The van der Waals surface area contributed by atoms with Crippen molar-refractivity contribution in [2.24, 2.45) is 0 Å². The lowest BCUT2D eigenvalue weighted by Crippen LogP contribution is -2.42. The third-order valence-electron chi connectivity index (χ3n) is 2.15. The van der Waals surface area contributed by atoms with Crippen LogP contribution >= 0.6 is 0 Å². The molecule has 0 saturated carbocycles. The van der Waals surface area contributed by atoms with Crippen molar-refractivity contribution in [1.29, 1.82) is 0 Å². The number of amides is 2. The van der Waals surface area contributed by atoms with Gasteiger partial charge in [-0.15, -0.1) is 0 Å². The second-order valence-electron chi connectivity index (χ2n) is 3.49. The van der Waals surface area contributed by atoms with Crippen LogP contribution < -0.4 is 5.32 Å². The lowest BCUT2D eigenvalue weighted by molar-refractivity contribution is 0.201. The van der Waals surface area contributed by atoms with Gasteiger partial charge in [-0.2, -0.15) is 0 Å². The second kappa shape index (κ2) is 4.90. The Morgan fingerprint density at radius 1 is 1.69 bits per heavy atom. The molecular weight excluding hydrogens is 164 g/mol. The molecule has 1 N–H and O–H groups in total. The zero-order valence-corrected chi connectivity index (χ0v) is 8.47. The van der Waals surface area contributed by atoms with E-state index in [2.05, 4.69) is 25.2 Å². The van der Waals surface area contributed by atoms with Gasteiger partial charge < -0.3 is 10.2 Å². The fourth-order valence-electron chi connectivity index (χ4n) is 1.43. The summed E-state index contributed by atoms with van der Waals surface area (Å²) in [5.41, 5.74) is 1.29. The number of urea groups is 1. The Morgan fingerprint density at radius 2 is 2.46 bits per heavy atom. The van der Waals surface area contributed by atoms with E-state index in [9.17, 15) is 4.79 Å². The highest BCUT2D eigenvalue weighted by atomic mass is 16.2. The van der Waals surface area contributed by atoms with E-state index in [1.807, 2.05) is 4.90 Å². The lowest BCUT2D eigenvalue weighted by Gasteiger charge is -2.26. The predicted octanol–water partition coefficient (Wildman–Crippen LogP) is 1.76. The molecule has 0 unspecified atom stereocenters. The molecule has 0 atom stereocenters. The number of hydrogen-bond donors (Lipinski definition) is 1. The van der Waals surface area contributed by atoms with Crippen molar-refractivity contribution in [2.45, 2.75) is 26.7 Å². The van der Waals surface area contributed by atoms with Crippen molar-refractivity contribution in [3.05, 3.63) is 11.6 Å². The Morgan fingerprint density at radius 3 is 3.08 bits per heavy atom. The maximum Gasteiger partial charge on any atom is 0.317 e. The van der Waals surface area contributed by atoms with Gasteiger partial charge in [0.25, 0.3) is 0 Å². The van der Waals surface area contributed by atoms with E-state index in [-0.39, 0.29) is 6.03 Å². The smallest absolute Gasteiger partial charge is 0.317 e. The first kappa shape index (κ1) is 10.1. The van der Waals surface area contributed by atoms with Crippen LogP contribution in [0, 0.1) is 0 Å². The molecule has 0 aliphatic carbocycles. The molecule has 0 aromatic rings. The minimum Gasteiger partial charge on any atom is -0.338 e. The van der Waals surface area contributed by atoms with Crippen LogP contribution in [0.15, 0.2) is 11.6 Å². The van der Waals surface area contributed by atoms with Gasteiger partial charge in [-0.25, -0.2) is 4.79 Å². The van der Waals surface area contributed by atoms with Crippen molar-refractivity contribution in [3.8, 4) is 0 Å². The van der Waals surface area contributed by atoms with Crippen molar-refractivity contribution < 1.29 is 4.79 Å². The molecular formula is C10H18N2O. The SMILES string of the molecule is CCCNC(=O)N1CCC=C(C)C1. The number of carbonyl (C=O) groups is 1. The van der Waals surface area contributed by atoms with Crippen LogP contribution in [-0.2, 0) is 0 Å². The van der Waals surface area contributed by atoms with Gasteiger partial charge in [-0.05, 0) is 19.8 Å². The van der Waals surface area contributed by atoms with E-state index in [0.29, 0.717) is 0 Å². The van der Waals surface area contributed by atoms with Gasteiger partial charge in [-0.3, -0.25) is 0 Å². The summed E-state index contributed by atoms with van der Waals surface area (Å²) in [6.07, 6.45) is 4.18. The summed E-state index contributed by atoms with van der Waals surface area (Å²) in [4.78, 5) is 13.4. The summed E-state index contributed by atoms with van der Waals surface area (Å²) in [7, 11) is 0. The standard InChI is InChI=1S/C10H18N2O/c1-3-6-11-10(13)12-7-4-5-9(2)8-12/h5H,3-4,6-8H2,1-2H3,(H,11,13). The molecule has 74 valence electrons. The third kappa shape index (κ3) is 3.09. The zero-order chi connectivity index (χ0) is 9.68. The molecule has 0 radical (unpaired) electrons. The van der Waals surface area contributed by atoms with Crippen molar-refractivity contribution in [2.75, 3.05) is 19.6 Å². The third-order valence-corrected chi connectivity index (χ3v) is 2.15. The Labute approximate surface area is 79.8 Å². The molecule has 1 heterocycles. The van der Waals surface area contributed by atoms with Crippen molar-refractivity contribution in [1.82, 2.24) is 10.2 Å². The van der Waals surface area contributed by atoms with Crippen molar-refractivity contribution >= 4 is 6.03 Å². The average molecular weight is 182 g/mol. The van der Waals surface area contributed by atoms with Gasteiger partial charge >= 0.3 is 6.03 Å². The van der Waals surface area contributed by atoms with Crippen LogP contribution in [0.4, 0.5) is 4.79 Å².